The summed E-state index contributed by atoms with van der Waals surface area (Å²) in [6, 6.07) is 10.1. The van der Waals surface area contributed by atoms with Crippen LogP contribution < -0.4 is 10.6 Å². The molecule has 0 aromatic heterocycles. The number of carbonyl (C=O) groups excluding carboxylic acids is 2. The largest absolute Gasteiger partial charge is 0.416 e. The van der Waals surface area contributed by atoms with Crippen LogP contribution in [0.4, 0.5) is 29.3 Å². The van der Waals surface area contributed by atoms with Crippen molar-refractivity contribution in [2.75, 3.05) is 50.4 Å². The lowest BCUT2D eigenvalue weighted by molar-refractivity contribution is -0.137. The summed E-state index contributed by atoms with van der Waals surface area (Å²) in [5.74, 6) is -0.000444. The highest BCUT2D eigenvalue weighted by Gasteiger charge is 2.30. The summed E-state index contributed by atoms with van der Waals surface area (Å²) < 4.78 is 38.3. The van der Waals surface area contributed by atoms with Gasteiger partial charge in [-0.1, -0.05) is 6.07 Å². The molecule has 1 saturated heterocycles. The number of piperazine rings is 1. The van der Waals surface area contributed by atoms with Crippen LogP contribution in [0.2, 0.25) is 0 Å². The maximum absolute atomic E-state index is 12.8. The average molecular weight is 420 g/mol. The van der Waals surface area contributed by atoms with Gasteiger partial charge in [0, 0.05) is 43.1 Å². The zero-order valence-electron chi connectivity index (χ0n) is 16.5. The fourth-order valence-electron chi connectivity index (χ4n) is 3.11. The third-order valence-electron chi connectivity index (χ3n) is 4.88. The van der Waals surface area contributed by atoms with Crippen LogP contribution in [-0.4, -0.2) is 61.4 Å². The van der Waals surface area contributed by atoms with E-state index >= 15 is 0 Å². The minimum atomic E-state index is -4.49. The zero-order chi connectivity index (χ0) is 21.7. The molecule has 0 spiro atoms. The van der Waals surface area contributed by atoms with E-state index in [1.54, 1.807) is 24.3 Å². The smallest absolute Gasteiger partial charge is 0.308 e. The molecule has 0 unspecified atom stereocenters. The summed E-state index contributed by atoms with van der Waals surface area (Å²) in [6.07, 6.45) is -4.49. The van der Waals surface area contributed by atoms with Crippen LogP contribution in [0, 0.1) is 0 Å². The van der Waals surface area contributed by atoms with Crippen LogP contribution >= 0.6 is 0 Å². The first-order valence-corrected chi connectivity index (χ1v) is 9.50. The molecule has 0 saturated carbocycles. The predicted molar refractivity (Wildman–Crippen MR) is 109 cm³/mol. The van der Waals surface area contributed by atoms with Gasteiger partial charge in [-0.15, -0.1) is 0 Å². The molecule has 0 radical (unpaired) electrons. The molecule has 0 atom stereocenters. The van der Waals surface area contributed by atoms with Crippen molar-refractivity contribution < 1.29 is 22.8 Å². The van der Waals surface area contributed by atoms with Crippen molar-refractivity contribution in [3.63, 3.8) is 0 Å². The summed E-state index contributed by atoms with van der Waals surface area (Å²) in [4.78, 5) is 28.8. The number of urea groups is 1. The van der Waals surface area contributed by atoms with E-state index in [1.165, 1.54) is 12.1 Å². The number of alkyl halides is 3. The number of rotatable bonds is 5. The summed E-state index contributed by atoms with van der Waals surface area (Å²) in [7, 11) is 2.05. The second-order valence-corrected chi connectivity index (χ2v) is 7.24. The lowest BCUT2D eigenvalue weighted by Gasteiger charge is -2.31. The van der Waals surface area contributed by atoms with Gasteiger partial charge >= 0.3 is 12.2 Å². The number of nitrogens with zero attached hydrogens (tertiary/aromatic N) is 2. The lowest BCUT2D eigenvalue weighted by Crippen LogP contribution is -2.46. The molecule has 3 rings (SSSR count). The van der Waals surface area contributed by atoms with Gasteiger partial charge in [-0.25, -0.2) is 4.79 Å². The number of Topliss-reactive ketones (excluding diaryl/α,β-unsaturated/α-hetero) is 1. The van der Waals surface area contributed by atoms with Crippen LogP contribution in [-0.2, 0) is 6.18 Å². The maximum Gasteiger partial charge on any atom is 0.416 e. The number of benzene rings is 2. The maximum atomic E-state index is 12.8. The SMILES string of the molecule is CN1CCN(CC(=O)c2ccc(NC(=O)Nc3cccc(C(F)(F)F)c3)cc2)CC1. The molecular formula is C21H23F3N4O2. The molecule has 160 valence electrons. The van der Waals surface area contributed by atoms with Gasteiger partial charge in [-0.3, -0.25) is 9.69 Å². The van der Waals surface area contributed by atoms with Crippen LogP contribution in [0.15, 0.2) is 48.5 Å². The van der Waals surface area contributed by atoms with Crippen molar-refractivity contribution in [3.05, 3.63) is 59.7 Å². The predicted octanol–water partition coefficient (Wildman–Crippen LogP) is 3.78. The van der Waals surface area contributed by atoms with E-state index in [4.69, 9.17) is 0 Å². The number of ketones is 1. The minimum Gasteiger partial charge on any atom is -0.308 e. The number of hydrogen-bond acceptors (Lipinski definition) is 4. The van der Waals surface area contributed by atoms with Crippen molar-refractivity contribution in [3.8, 4) is 0 Å². The van der Waals surface area contributed by atoms with Gasteiger partial charge in [0.1, 0.15) is 0 Å². The third kappa shape index (κ3) is 6.04. The molecule has 2 amide bonds. The van der Waals surface area contributed by atoms with Crippen LogP contribution in [0.5, 0.6) is 0 Å². The van der Waals surface area contributed by atoms with E-state index in [0.29, 0.717) is 17.8 Å². The lowest BCUT2D eigenvalue weighted by atomic mass is 10.1. The van der Waals surface area contributed by atoms with E-state index in [-0.39, 0.29) is 11.5 Å². The Labute approximate surface area is 172 Å². The Bertz CT molecular complexity index is 892. The van der Waals surface area contributed by atoms with Gasteiger partial charge < -0.3 is 15.5 Å². The minimum absolute atomic E-state index is 0.000444. The summed E-state index contributed by atoms with van der Waals surface area (Å²) in [5, 5.41) is 4.91. The number of nitrogens with one attached hydrogen (secondary N) is 2. The first-order valence-electron chi connectivity index (χ1n) is 9.50. The quantitative estimate of drug-likeness (QED) is 0.723. The molecule has 9 heteroatoms. The highest BCUT2D eigenvalue weighted by Crippen LogP contribution is 2.30. The zero-order valence-corrected chi connectivity index (χ0v) is 16.5. The number of hydrogen-bond donors (Lipinski definition) is 2. The van der Waals surface area contributed by atoms with E-state index in [2.05, 4.69) is 20.4 Å². The Balaban J connectivity index is 1.54. The third-order valence-corrected chi connectivity index (χ3v) is 4.88. The standard InChI is InChI=1S/C21H23F3N4O2/c1-27-9-11-28(12-10-27)14-19(29)15-5-7-17(8-6-15)25-20(30)26-18-4-2-3-16(13-18)21(22,23)24/h2-8,13H,9-12,14H2,1H3,(H2,25,26,30). The Kier molecular flexibility index (Phi) is 6.73. The Morgan fingerprint density at radius 1 is 0.933 bits per heavy atom. The van der Waals surface area contributed by atoms with Gasteiger partial charge in [0.05, 0.1) is 12.1 Å². The molecule has 6 nitrogen and oxygen atoms in total. The second kappa shape index (κ2) is 9.27. The number of anilines is 2. The molecule has 0 bridgehead atoms. The average Bonchev–Trinajstić information content (AvgIpc) is 2.70. The van der Waals surface area contributed by atoms with Gasteiger partial charge in [-0.05, 0) is 49.5 Å². The van der Waals surface area contributed by atoms with E-state index in [9.17, 15) is 22.8 Å². The normalized spacial score (nSPS) is 15.6. The van der Waals surface area contributed by atoms with Crippen molar-refractivity contribution in [2.45, 2.75) is 6.18 Å². The van der Waals surface area contributed by atoms with Crippen molar-refractivity contribution in [1.29, 1.82) is 0 Å². The summed E-state index contributed by atoms with van der Waals surface area (Å²) in [6.45, 7) is 3.89. The van der Waals surface area contributed by atoms with Gasteiger partial charge in [-0.2, -0.15) is 13.2 Å². The molecule has 2 aromatic rings. The molecule has 2 aromatic carbocycles. The highest BCUT2D eigenvalue weighted by molar-refractivity contribution is 6.01. The first-order chi connectivity index (χ1) is 14.2. The number of carbonyl (C=O) groups is 2. The molecule has 0 aliphatic carbocycles. The molecule has 1 aliphatic rings. The molecule has 1 aliphatic heterocycles. The van der Waals surface area contributed by atoms with Crippen LogP contribution in [0.25, 0.3) is 0 Å². The summed E-state index contributed by atoms with van der Waals surface area (Å²) in [5.41, 5.74) is 0.151. The van der Waals surface area contributed by atoms with Gasteiger partial charge in [0.25, 0.3) is 0 Å². The van der Waals surface area contributed by atoms with Crippen molar-refractivity contribution in [1.82, 2.24) is 9.80 Å². The molecule has 1 fully saturated rings. The molecule has 2 N–H and O–H groups in total. The Morgan fingerprint density at radius 3 is 2.20 bits per heavy atom. The van der Waals surface area contributed by atoms with E-state index in [0.717, 1.165) is 38.3 Å². The fourth-order valence-corrected chi connectivity index (χ4v) is 3.11. The molecule has 1 heterocycles. The van der Waals surface area contributed by atoms with Crippen molar-refractivity contribution >= 4 is 23.2 Å². The Hall–Kier alpha value is -2.91. The number of likely N-dealkylation sites (N-methyl/N-ethyl adjacent to an activating group) is 1. The van der Waals surface area contributed by atoms with E-state index < -0.39 is 17.8 Å². The number of amides is 2. The van der Waals surface area contributed by atoms with Gasteiger partial charge in [0.2, 0.25) is 0 Å². The summed E-state index contributed by atoms with van der Waals surface area (Å²) >= 11 is 0. The highest BCUT2D eigenvalue weighted by atomic mass is 19.4. The van der Waals surface area contributed by atoms with Crippen molar-refractivity contribution in [2.24, 2.45) is 0 Å². The first kappa shape index (κ1) is 21.8. The van der Waals surface area contributed by atoms with Crippen LogP contribution in [0.3, 0.4) is 0 Å². The topological polar surface area (TPSA) is 64.7 Å². The Morgan fingerprint density at radius 2 is 1.57 bits per heavy atom. The second-order valence-electron chi connectivity index (χ2n) is 7.24. The monoisotopic (exact) mass is 420 g/mol. The van der Waals surface area contributed by atoms with Gasteiger partial charge in [0.15, 0.2) is 5.78 Å². The molecular weight excluding hydrogens is 397 g/mol. The van der Waals surface area contributed by atoms with Crippen LogP contribution in [0.1, 0.15) is 15.9 Å². The van der Waals surface area contributed by atoms with E-state index in [1.807, 2.05) is 7.05 Å². The fraction of sp³-hybridized carbons (Fsp3) is 0.333. The molecule has 30 heavy (non-hydrogen) atoms. The number of halogens is 3.